The molecule has 8 heteroatoms. The second-order valence-corrected chi connectivity index (χ2v) is 8.73. The van der Waals surface area contributed by atoms with Crippen LogP contribution >= 0.6 is 0 Å². The maximum Gasteiger partial charge on any atom is 0.233 e. The monoisotopic (exact) mass is 423 g/mol. The first-order valence-electron chi connectivity index (χ1n) is 10.7. The summed E-state index contributed by atoms with van der Waals surface area (Å²) >= 11 is 0. The lowest BCUT2D eigenvalue weighted by atomic mass is 9.77. The highest BCUT2D eigenvalue weighted by Crippen LogP contribution is 2.38. The summed E-state index contributed by atoms with van der Waals surface area (Å²) in [5.41, 5.74) is 1.88. The molecule has 2 saturated heterocycles. The molecule has 0 aliphatic carbocycles. The summed E-state index contributed by atoms with van der Waals surface area (Å²) in [6.45, 7) is 2.20. The molecular formula is C23H26FN5O2. The van der Waals surface area contributed by atoms with E-state index in [4.69, 9.17) is 4.74 Å². The van der Waals surface area contributed by atoms with Crippen LogP contribution in [0, 0.1) is 5.92 Å². The number of alkyl halides is 1. The van der Waals surface area contributed by atoms with Crippen molar-refractivity contribution in [3.63, 3.8) is 0 Å². The number of piperidine rings is 2. The van der Waals surface area contributed by atoms with Crippen LogP contribution in [-0.2, 0) is 0 Å². The van der Waals surface area contributed by atoms with Crippen LogP contribution < -0.4 is 4.74 Å². The topological polar surface area (TPSA) is 76.3 Å². The standard InChI is InChI=1S/C23H26FN5O2/c1-14-9-16-12-21(23(24)19(10-14)28(16)2)31-22-6-5-18(26-27-22)17-4-3-15(11-20(17)30)29-8-7-25-13-29/h3-8,11,13-14,16,19,21,23,30H,9-10,12H2,1-2H3/t14-,16+,19-,21+,23+/m1/s1. The number of ether oxygens (including phenoxy) is 1. The fraction of sp³-hybridized carbons (Fsp3) is 0.435. The zero-order chi connectivity index (χ0) is 21.5. The first-order chi connectivity index (χ1) is 15.0. The molecule has 1 aromatic carbocycles. The van der Waals surface area contributed by atoms with Crippen molar-refractivity contribution in [3.05, 3.63) is 49.1 Å². The molecule has 0 radical (unpaired) electrons. The summed E-state index contributed by atoms with van der Waals surface area (Å²) in [5, 5.41) is 18.8. The van der Waals surface area contributed by atoms with Crippen molar-refractivity contribution in [2.24, 2.45) is 5.92 Å². The van der Waals surface area contributed by atoms with E-state index < -0.39 is 12.3 Å². The number of imidazole rings is 1. The molecule has 2 aromatic heterocycles. The smallest absolute Gasteiger partial charge is 0.233 e. The Bertz CT molecular complexity index is 1040. The average Bonchev–Trinajstić information content (AvgIpc) is 3.29. The van der Waals surface area contributed by atoms with Crippen LogP contribution in [0.3, 0.4) is 0 Å². The van der Waals surface area contributed by atoms with Crippen LogP contribution in [0.25, 0.3) is 16.9 Å². The van der Waals surface area contributed by atoms with E-state index in [1.807, 2.05) is 13.1 Å². The minimum atomic E-state index is -1.05. The van der Waals surface area contributed by atoms with Gasteiger partial charge in [0.1, 0.15) is 11.9 Å². The number of aromatic hydroxyl groups is 1. The van der Waals surface area contributed by atoms with Crippen molar-refractivity contribution in [1.82, 2.24) is 24.6 Å². The second kappa shape index (κ2) is 7.92. The van der Waals surface area contributed by atoms with E-state index in [0.29, 0.717) is 35.5 Å². The van der Waals surface area contributed by atoms with E-state index >= 15 is 4.39 Å². The third kappa shape index (κ3) is 3.76. The van der Waals surface area contributed by atoms with Crippen molar-refractivity contribution in [3.8, 4) is 28.6 Å². The normalized spacial score (nSPS) is 28.4. The summed E-state index contributed by atoms with van der Waals surface area (Å²) in [5.74, 6) is 0.939. The Kier molecular flexibility index (Phi) is 5.09. The van der Waals surface area contributed by atoms with Gasteiger partial charge in [-0.25, -0.2) is 9.37 Å². The first kappa shape index (κ1) is 19.9. The SMILES string of the molecule is C[C@@H]1C[C@H]2C[C@H](Oc3ccc(-c4ccc(-n5ccnc5)cc4O)nn3)[C@@H](F)[C@@H](C1)N2C. The largest absolute Gasteiger partial charge is 0.507 e. The van der Waals surface area contributed by atoms with Gasteiger partial charge in [0.2, 0.25) is 5.88 Å². The highest BCUT2D eigenvalue weighted by atomic mass is 19.1. The lowest BCUT2D eigenvalue weighted by Gasteiger charge is -2.50. The molecule has 0 amide bonds. The lowest BCUT2D eigenvalue weighted by Crippen LogP contribution is -2.60. The molecule has 2 aliphatic rings. The molecule has 7 nitrogen and oxygen atoms in total. The number of aromatic nitrogens is 4. The number of hydrogen-bond donors (Lipinski definition) is 1. The number of benzene rings is 1. The first-order valence-corrected chi connectivity index (χ1v) is 10.7. The summed E-state index contributed by atoms with van der Waals surface area (Å²) < 4.78 is 22.9. The van der Waals surface area contributed by atoms with Gasteiger partial charge in [-0.05, 0) is 44.0 Å². The van der Waals surface area contributed by atoms with Crippen LogP contribution in [0.1, 0.15) is 26.2 Å². The molecule has 2 aliphatic heterocycles. The molecule has 3 aromatic rings. The number of halogens is 1. The van der Waals surface area contributed by atoms with E-state index in [-0.39, 0.29) is 11.8 Å². The molecule has 2 bridgehead atoms. The van der Waals surface area contributed by atoms with Crippen molar-refractivity contribution in [2.75, 3.05) is 7.05 Å². The predicted molar refractivity (Wildman–Crippen MR) is 114 cm³/mol. The molecule has 5 atom stereocenters. The summed E-state index contributed by atoms with van der Waals surface area (Å²) in [6, 6.07) is 8.96. The minimum Gasteiger partial charge on any atom is -0.507 e. The summed E-state index contributed by atoms with van der Waals surface area (Å²) in [4.78, 5) is 6.19. The fourth-order valence-corrected chi connectivity index (χ4v) is 4.94. The molecule has 162 valence electrons. The van der Waals surface area contributed by atoms with Crippen molar-refractivity contribution < 1.29 is 14.2 Å². The Labute approximate surface area is 180 Å². The molecule has 0 unspecified atom stereocenters. The Balaban J connectivity index is 1.31. The number of nitrogens with zero attached hydrogens (tertiary/aromatic N) is 5. The van der Waals surface area contributed by atoms with Gasteiger partial charge in [-0.1, -0.05) is 6.92 Å². The molecular weight excluding hydrogens is 397 g/mol. The van der Waals surface area contributed by atoms with Crippen molar-refractivity contribution in [2.45, 2.75) is 50.5 Å². The van der Waals surface area contributed by atoms with Gasteiger partial charge < -0.3 is 14.4 Å². The van der Waals surface area contributed by atoms with Gasteiger partial charge in [0, 0.05) is 48.6 Å². The van der Waals surface area contributed by atoms with Gasteiger partial charge in [-0.3, -0.25) is 4.90 Å². The quantitative estimate of drug-likeness (QED) is 0.691. The number of hydrogen-bond acceptors (Lipinski definition) is 6. The molecule has 4 heterocycles. The highest BCUT2D eigenvalue weighted by Gasteiger charge is 2.46. The predicted octanol–water partition coefficient (Wildman–Crippen LogP) is 3.62. The van der Waals surface area contributed by atoms with Crippen LogP contribution in [0.5, 0.6) is 11.6 Å². The van der Waals surface area contributed by atoms with Gasteiger partial charge in [0.05, 0.1) is 17.7 Å². The Morgan fingerprint density at radius 2 is 2.00 bits per heavy atom. The van der Waals surface area contributed by atoms with E-state index in [2.05, 4.69) is 27.0 Å². The maximum absolute atomic E-state index is 15.1. The lowest BCUT2D eigenvalue weighted by molar-refractivity contribution is -0.0755. The zero-order valence-electron chi connectivity index (χ0n) is 17.6. The molecule has 0 saturated carbocycles. The van der Waals surface area contributed by atoms with Crippen molar-refractivity contribution in [1.29, 1.82) is 0 Å². The number of phenols is 1. The minimum absolute atomic E-state index is 0.0928. The van der Waals surface area contributed by atoms with Gasteiger partial charge in [-0.2, -0.15) is 0 Å². The number of fused-ring (bicyclic) bond motifs is 2. The molecule has 1 N–H and O–H groups in total. The second-order valence-electron chi connectivity index (χ2n) is 8.73. The van der Waals surface area contributed by atoms with E-state index in [1.165, 1.54) is 0 Å². The van der Waals surface area contributed by atoms with Crippen LogP contribution in [0.15, 0.2) is 49.1 Å². The molecule has 0 spiro atoms. The molecule has 31 heavy (non-hydrogen) atoms. The van der Waals surface area contributed by atoms with Gasteiger partial charge in [0.25, 0.3) is 0 Å². The van der Waals surface area contributed by atoms with Crippen molar-refractivity contribution >= 4 is 0 Å². The molecule has 5 rings (SSSR count). The molecule has 2 fully saturated rings. The highest BCUT2D eigenvalue weighted by molar-refractivity contribution is 5.68. The van der Waals surface area contributed by atoms with Crippen LogP contribution in [0.4, 0.5) is 4.39 Å². The fourth-order valence-electron chi connectivity index (χ4n) is 4.94. The van der Waals surface area contributed by atoms with Gasteiger partial charge >= 0.3 is 0 Å². The third-order valence-corrected chi connectivity index (χ3v) is 6.62. The van der Waals surface area contributed by atoms with E-state index in [0.717, 1.165) is 18.5 Å². The van der Waals surface area contributed by atoms with Crippen LogP contribution in [0.2, 0.25) is 0 Å². The van der Waals surface area contributed by atoms with Gasteiger partial charge in [0.15, 0.2) is 6.17 Å². The van der Waals surface area contributed by atoms with E-state index in [1.54, 1.807) is 47.6 Å². The van der Waals surface area contributed by atoms with Gasteiger partial charge in [-0.15, -0.1) is 10.2 Å². The summed E-state index contributed by atoms with van der Waals surface area (Å²) in [7, 11) is 2.02. The number of rotatable bonds is 4. The zero-order valence-corrected chi connectivity index (χ0v) is 17.6. The average molecular weight is 423 g/mol. The number of phenolic OH excluding ortho intramolecular Hbond substituents is 1. The van der Waals surface area contributed by atoms with E-state index in [9.17, 15) is 5.11 Å². The summed E-state index contributed by atoms with van der Waals surface area (Å²) in [6.07, 6.45) is 6.15. The Morgan fingerprint density at radius 1 is 1.13 bits per heavy atom. The van der Waals surface area contributed by atoms with Crippen LogP contribution in [-0.4, -0.2) is 61.2 Å². The Hall–Kier alpha value is -3.00. The Morgan fingerprint density at radius 3 is 2.71 bits per heavy atom. The third-order valence-electron chi connectivity index (χ3n) is 6.62. The maximum atomic E-state index is 15.1.